The number of hydrogen-bond acceptors (Lipinski definition) is 3. The molecule has 1 atom stereocenters. The molecule has 4 rings (SSSR count). The second-order valence-corrected chi connectivity index (χ2v) is 7.70. The molecular weight excluding hydrogens is 356 g/mol. The first-order valence-corrected chi connectivity index (χ1v) is 10.3. The lowest BCUT2D eigenvalue weighted by Gasteiger charge is -2.19. The molecule has 4 nitrogen and oxygen atoms in total. The fourth-order valence-corrected chi connectivity index (χ4v) is 3.74. The largest absolute Gasteiger partial charge is 0.367 e. The van der Waals surface area contributed by atoms with Gasteiger partial charge in [-0.15, -0.1) is 0 Å². The molecule has 0 saturated heterocycles. The third-order valence-electron chi connectivity index (χ3n) is 5.53. The minimum absolute atomic E-state index is 0.346. The van der Waals surface area contributed by atoms with Crippen LogP contribution >= 0.6 is 0 Å². The molecule has 2 aromatic carbocycles. The Hall–Kier alpha value is -3.14. The lowest BCUT2D eigenvalue weighted by Crippen LogP contribution is -2.19. The Kier molecular flexibility index (Phi) is 5.34. The highest BCUT2D eigenvalue weighted by atomic mass is 15.3. The Bertz CT molecular complexity index is 1110. The van der Waals surface area contributed by atoms with Gasteiger partial charge in [0.1, 0.15) is 5.82 Å². The summed E-state index contributed by atoms with van der Waals surface area (Å²) < 4.78 is 2.01. The van der Waals surface area contributed by atoms with Gasteiger partial charge in [0.05, 0.1) is 5.69 Å². The van der Waals surface area contributed by atoms with E-state index in [0.717, 1.165) is 46.8 Å². The van der Waals surface area contributed by atoms with Crippen LogP contribution in [-0.2, 0) is 6.42 Å². The molecule has 2 aromatic heterocycles. The first-order chi connectivity index (χ1) is 14.1. The van der Waals surface area contributed by atoms with Gasteiger partial charge in [0.15, 0.2) is 5.65 Å². The zero-order valence-corrected chi connectivity index (χ0v) is 17.6. The van der Waals surface area contributed by atoms with E-state index in [1.54, 1.807) is 0 Å². The highest BCUT2D eigenvalue weighted by molar-refractivity contribution is 5.81. The summed E-state index contributed by atoms with van der Waals surface area (Å²) >= 11 is 0. The normalized spacial score (nSPS) is 12.3. The second-order valence-electron chi connectivity index (χ2n) is 7.70. The summed E-state index contributed by atoms with van der Waals surface area (Å²) in [6.45, 7) is 8.58. The average Bonchev–Trinajstić information content (AvgIpc) is 3.07. The SMILES string of the molecule is CC[C@H](C)Nc1c(Cc2ccccc2)c(C)nc2c(-c3ccccc3)c(C)nn12. The predicted molar refractivity (Wildman–Crippen MR) is 121 cm³/mol. The summed E-state index contributed by atoms with van der Waals surface area (Å²) in [6.07, 6.45) is 1.87. The zero-order chi connectivity index (χ0) is 20.4. The molecule has 29 heavy (non-hydrogen) atoms. The average molecular weight is 385 g/mol. The molecule has 0 unspecified atom stereocenters. The smallest absolute Gasteiger partial charge is 0.165 e. The fraction of sp³-hybridized carbons (Fsp3) is 0.280. The van der Waals surface area contributed by atoms with Gasteiger partial charge in [0, 0.05) is 29.3 Å². The van der Waals surface area contributed by atoms with E-state index in [0.29, 0.717) is 6.04 Å². The van der Waals surface area contributed by atoms with Gasteiger partial charge in [-0.1, -0.05) is 67.6 Å². The van der Waals surface area contributed by atoms with Gasteiger partial charge < -0.3 is 5.32 Å². The Balaban J connectivity index is 1.94. The molecule has 0 bridgehead atoms. The lowest BCUT2D eigenvalue weighted by atomic mass is 10.0. The first kappa shape index (κ1) is 19.2. The van der Waals surface area contributed by atoms with Crippen LogP contribution in [0.5, 0.6) is 0 Å². The topological polar surface area (TPSA) is 42.2 Å². The molecule has 0 radical (unpaired) electrons. The van der Waals surface area contributed by atoms with Crippen molar-refractivity contribution in [2.45, 2.75) is 46.6 Å². The molecule has 2 heterocycles. The number of nitrogens with one attached hydrogen (secondary N) is 1. The van der Waals surface area contributed by atoms with Gasteiger partial charge in [-0.2, -0.15) is 9.61 Å². The summed E-state index contributed by atoms with van der Waals surface area (Å²) in [5, 5.41) is 8.63. The molecule has 4 aromatic rings. The molecule has 1 N–H and O–H groups in total. The van der Waals surface area contributed by atoms with Crippen LogP contribution < -0.4 is 5.32 Å². The maximum atomic E-state index is 5.02. The fourth-order valence-electron chi connectivity index (χ4n) is 3.74. The van der Waals surface area contributed by atoms with Crippen molar-refractivity contribution in [2.24, 2.45) is 0 Å². The van der Waals surface area contributed by atoms with Crippen LogP contribution in [0.3, 0.4) is 0 Å². The number of anilines is 1. The molecule has 0 spiro atoms. The van der Waals surface area contributed by atoms with Crippen LogP contribution in [0.2, 0.25) is 0 Å². The van der Waals surface area contributed by atoms with Gasteiger partial charge in [-0.3, -0.25) is 0 Å². The van der Waals surface area contributed by atoms with E-state index in [1.165, 1.54) is 11.1 Å². The van der Waals surface area contributed by atoms with E-state index < -0.39 is 0 Å². The summed E-state index contributed by atoms with van der Waals surface area (Å²) in [4.78, 5) is 5.02. The Labute approximate surface area is 172 Å². The van der Waals surface area contributed by atoms with Gasteiger partial charge in [0.25, 0.3) is 0 Å². The molecule has 0 aliphatic rings. The number of nitrogens with zero attached hydrogens (tertiary/aromatic N) is 3. The highest BCUT2D eigenvalue weighted by Crippen LogP contribution is 2.32. The van der Waals surface area contributed by atoms with Gasteiger partial charge in [-0.25, -0.2) is 4.98 Å². The Morgan fingerprint density at radius 2 is 1.59 bits per heavy atom. The summed E-state index contributed by atoms with van der Waals surface area (Å²) in [5.41, 5.74) is 7.68. The number of hydrogen-bond donors (Lipinski definition) is 1. The number of benzene rings is 2. The third kappa shape index (κ3) is 3.75. The Morgan fingerprint density at radius 1 is 0.931 bits per heavy atom. The number of aryl methyl sites for hydroxylation is 2. The predicted octanol–water partition coefficient (Wildman–Crippen LogP) is 5.81. The second kappa shape index (κ2) is 8.08. The molecule has 0 saturated carbocycles. The van der Waals surface area contributed by atoms with Crippen LogP contribution in [0.1, 0.15) is 42.8 Å². The zero-order valence-electron chi connectivity index (χ0n) is 17.6. The van der Waals surface area contributed by atoms with E-state index >= 15 is 0 Å². The molecule has 0 fully saturated rings. The monoisotopic (exact) mass is 384 g/mol. The molecule has 0 amide bonds. The number of rotatable bonds is 6. The van der Waals surface area contributed by atoms with Crippen molar-refractivity contribution in [3.8, 4) is 11.1 Å². The van der Waals surface area contributed by atoms with Crippen molar-refractivity contribution in [2.75, 3.05) is 5.32 Å². The quantitative estimate of drug-likeness (QED) is 0.456. The van der Waals surface area contributed by atoms with Crippen molar-refractivity contribution >= 4 is 11.5 Å². The molecule has 0 aliphatic carbocycles. The number of aromatic nitrogens is 3. The van der Waals surface area contributed by atoms with Crippen LogP contribution in [0.4, 0.5) is 5.82 Å². The van der Waals surface area contributed by atoms with Crippen LogP contribution in [-0.4, -0.2) is 20.6 Å². The van der Waals surface area contributed by atoms with Gasteiger partial charge in [-0.05, 0) is 38.3 Å². The standard InChI is InChI=1S/C25H28N4/c1-5-17(2)26-24-22(16-20-12-8-6-9-13-20)18(3)27-25-23(19(4)28-29(24)25)21-14-10-7-11-15-21/h6-15,17,26H,5,16H2,1-4H3/t17-/m0/s1. The van der Waals surface area contributed by atoms with Crippen LogP contribution in [0.25, 0.3) is 16.8 Å². The van der Waals surface area contributed by atoms with Crippen molar-refractivity contribution in [3.63, 3.8) is 0 Å². The molecule has 4 heteroatoms. The maximum Gasteiger partial charge on any atom is 0.165 e. The molecular formula is C25H28N4. The van der Waals surface area contributed by atoms with Crippen molar-refractivity contribution in [1.29, 1.82) is 0 Å². The highest BCUT2D eigenvalue weighted by Gasteiger charge is 2.20. The number of fused-ring (bicyclic) bond motifs is 1. The summed E-state index contributed by atoms with van der Waals surface area (Å²) in [6, 6.07) is 21.3. The Morgan fingerprint density at radius 3 is 2.24 bits per heavy atom. The van der Waals surface area contributed by atoms with E-state index in [2.05, 4.69) is 87.6 Å². The summed E-state index contributed by atoms with van der Waals surface area (Å²) in [5.74, 6) is 1.05. The minimum Gasteiger partial charge on any atom is -0.367 e. The van der Waals surface area contributed by atoms with E-state index in [1.807, 2.05) is 10.6 Å². The van der Waals surface area contributed by atoms with Crippen LogP contribution in [0, 0.1) is 13.8 Å². The van der Waals surface area contributed by atoms with E-state index in [4.69, 9.17) is 10.1 Å². The minimum atomic E-state index is 0.346. The van der Waals surface area contributed by atoms with Crippen LogP contribution in [0.15, 0.2) is 60.7 Å². The van der Waals surface area contributed by atoms with Gasteiger partial charge >= 0.3 is 0 Å². The third-order valence-corrected chi connectivity index (χ3v) is 5.53. The summed E-state index contributed by atoms with van der Waals surface area (Å²) in [7, 11) is 0. The van der Waals surface area contributed by atoms with Crippen molar-refractivity contribution < 1.29 is 0 Å². The molecule has 0 aliphatic heterocycles. The van der Waals surface area contributed by atoms with E-state index in [9.17, 15) is 0 Å². The van der Waals surface area contributed by atoms with Crippen molar-refractivity contribution in [1.82, 2.24) is 14.6 Å². The molecule has 148 valence electrons. The lowest BCUT2D eigenvalue weighted by molar-refractivity contribution is 0.742. The first-order valence-electron chi connectivity index (χ1n) is 10.3. The van der Waals surface area contributed by atoms with Crippen molar-refractivity contribution in [3.05, 3.63) is 83.2 Å². The van der Waals surface area contributed by atoms with Gasteiger partial charge in [0.2, 0.25) is 0 Å². The van der Waals surface area contributed by atoms with E-state index in [-0.39, 0.29) is 0 Å². The maximum absolute atomic E-state index is 5.02.